The maximum atomic E-state index is 12.3. The van der Waals surface area contributed by atoms with Crippen molar-refractivity contribution in [3.63, 3.8) is 0 Å². The fourth-order valence-electron chi connectivity index (χ4n) is 0.931. The molecule has 0 aliphatic carbocycles. The Morgan fingerprint density at radius 2 is 1.85 bits per heavy atom. The predicted molar refractivity (Wildman–Crippen MR) is 42.0 cm³/mol. The van der Waals surface area contributed by atoms with Gasteiger partial charge < -0.3 is 4.74 Å². The zero-order valence-electron chi connectivity index (χ0n) is 6.93. The first kappa shape index (κ1) is 9.89. The van der Waals surface area contributed by atoms with Gasteiger partial charge in [-0.2, -0.15) is 13.2 Å². The monoisotopic (exact) mass is 189 g/mol. The molecule has 1 aromatic carbocycles. The summed E-state index contributed by atoms with van der Waals surface area (Å²) < 4.78 is 41.6. The van der Waals surface area contributed by atoms with Crippen LogP contribution in [0.3, 0.4) is 0 Å². The van der Waals surface area contributed by atoms with Crippen molar-refractivity contribution in [2.45, 2.75) is 13.1 Å². The van der Waals surface area contributed by atoms with Crippen molar-refractivity contribution in [1.29, 1.82) is 0 Å². The molecule has 0 heterocycles. The topological polar surface area (TPSA) is 9.23 Å². The number of benzene rings is 1. The van der Waals surface area contributed by atoms with Crippen LogP contribution in [0.15, 0.2) is 24.3 Å². The Labute approximate surface area is 74.1 Å². The van der Waals surface area contributed by atoms with Gasteiger partial charge in [0.2, 0.25) is 0 Å². The van der Waals surface area contributed by atoms with E-state index in [9.17, 15) is 13.2 Å². The summed E-state index contributed by atoms with van der Waals surface area (Å²) in [4.78, 5) is 0. The van der Waals surface area contributed by atoms with Crippen LogP contribution >= 0.6 is 0 Å². The molecule has 0 amide bonds. The number of halogens is 3. The van der Waals surface area contributed by atoms with Crippen molar-refractivity contribution in [1.82, 2.24) is 0 Å². The van der Waals surface area contributed by atoms with E-state index in [4.69, 9.17) is 4.74 Å². The minimum atomic E-state index is -4.36. The molecule has 4 heteroatoms. The third-order valence-electron chi connectivity index (χ3n) is 1.44. The first-order valence-corrected chi connectivity index (χ1v) is 3.66. The van der Waals surface area contributed by atoms with E-state index in [1.54, 1.807) is 0 Å². The third kappa shape index (κ3) is 2.37. The smallest absolute Gasteiger partial charge is 0.419 e. The summed E-state index contributed by atoms with van der Waals surface area (Å²) in [5, 5.41) is 0. The maximum Gasteiger partial charge on any atom is 0.419 e. The lowest BCUT2D eigenvalue weighted by Gasteiger charge is -2.11. The number of alkyl halides is 3. The molecule has 71 valence electrons. The van der Waals surface area contributed by atoms with Crippen LogP contribution in [0.4, 0.5) is 13.2 Å². The van der Waals surface area contributed by atoms with Crippen molar-refractivity contribution >= 4 is 0 Å². The Balaban J connectivity index is 3.05. The molecule has 0 saturated heterocycles. The van der Waals surface area contributed by atoms with Crippen molar-refractivity contribution < 1.29 is 17.9 Å². The van der Waals surface area contributed by atoms with Gasteiger partial charge in [-0.05, 0) is 19.1 Å². The lowest BCUT2D eigenvalue weighted by atomic mass is 10.2. The van der Waals surface area contributed by atoms with E-state index in [0.717, 1.165) is 6.07 Å². The lowest BCUT2D eigenvalue weighted by molar-refractivity contribution is -0.138. The van der Waals surface area contributed by atoms with Crippen LogP contribution in [0.5, 0.6) is 5.75 Å². The third-order valence-corrected chi connectivity index (χ3v) is 1.44. The fourth-order valence-corrected chi connectivity index (χ4v) is 0.931. The molecule has 13 heavy (non-hydrogen) atoms. The number of para-hydroxylation sites is 1. The molecule has 1 radical (unpaired) electrons. The van der Waals surface area contributed by atoms with Gasteiger partial charge in [0, 0.05) is 0 Å². The van der Waals surface area contributed by atoms with Crippen LogP contribution < -0.4 is 4.74 Å². The molecule has 0 aliphatic heterocycles. The quantitative estimate of drug-likeness (QED) is 0.693. The number of hydrogen-bond donors (Lipinski definition) is 0. The van der Waals surface area contributed by atoms with Crippen LogP contribution in [0, 0.1) is 6.61 Å². The normalized spacial score (nSPS) is 11.4. The molecule has 1 aromatic rings. The number of rotatable bonds is 2. The summed E-state index contributed by atoms with van der Waals surface area (Å²) >= 11 is 0. The van der Waals surface area contributed by atoms with Crippen LogP contribution in [-0.2, 0) is 6.18 Å². The molecular formula is C9H8F3O. The minimum Gasteiger partial charge on any atom is -0.486 e. The van der Waals surface area contributed by atoms with Gasteiger partial charge in [-0.15, -0.1) is 0 Å². The summed E-state index contributed by atoms with van der Waals surface area (Å²) in [6.07, 6.45) is -4.36. The van der Waals surface area contributed by atoms with Crippen LogP contribution in [0.25, 0.3) is 0 Å². The number of hydrogen-bond acceptors (Lipinski definition) is 1. The summed E-state index contributed by atoms with van der Waals surface area (Å²) in [5.41, 5.74) is -0.756. The van der Waals surface area contributed by atoms with Gasteiger partial charge in [0.1, 0.15) is 12.4 Å². The Morgan fingerprint density at radius 1 is 1.23 bits per heavy atom. The Hall–Kier alpha value is -1.19. The Morgan fingerprint density at radius 3 is 2.38 bits per heavy atom. The molecule has 0 unspecified atom stereocenters. The van der Waals surface area contributed by atoms with Crippen molar-refractivity contribution in [3.8, 4) is 5.75 Å². The van der Waals surface area contributed by atoms with E-state index in [0.29, 0.717) is 0 Å². The maximum absolute atomic E-state index is 12.3. The number of ether oxygens (including phenoxy) is 1. The van der Waals surface area contributed by atoms with Gasteiger partial charge >= 0.3 is 6.18 Å². The van der Waals surface area contributed by atoms with Gasteiger partial charge in [-0.1, -0.05) is 12.1 Å². The van der Waals surface area contributed by atoms with E-state index in [1.807, 2.05) is 0 Å². The van der Waals surface area contributed by atoms with Gasteiger partial charge in [0.15, 0.2) is 0 Å². The van der Waals surface area contributed by atoms with Crippen molar-refractivity contribution in [3.05, 3.63) is 36.4 Å². The van der Waals surface area contributed by atoms with E-state index >= 15 is 0 Å². The zero-order valence-corrected chi connectivity index (χ0v) is 6.93. The average Bonchev–Trinajstić information content (AvgIpc) is 2.04. The van der Waals surface area contributed by atoms with E-state index in [-0.39, 0.29) is 5.75 Å². The Kier molecular flexibility index (Phi) is 2.80. The van der Waals surface area contributed by atoms with Gasteiger partial charge in [-0.25, -0.2) is 0 Å². The zero-order chi connectivity index (χ0) is 9.90. The van der Waals surface area contributed by atoms with Crippen LogP contribution in [0.1, 0.15) is 12.5 Å². The average molecular weight is 189 g/mol. The molecular weight excluding hydrogens is 181 g/mol. The highest BCUT2D eigenvalue weighted by molar-refractivity contribution is 5.35. The van der Waals surface area contributed by atoms with Crippen molar-refractivity contribution in [2.24, 2.45) is 0 Å². The summed E-state index contributed by atoms with van der Waals surface area (Å²) in [7, 11) is 0. The lowest BCUT2D eigenvalue weighted by Crippen LogP contribution is -2.07. The van der Waals surface area contributed by atoms with Gasteiger partial charge in [0.05, 0.1) is 5.56 Å². The molecule has 0 saturated carbocycles. The fraction of sp³-hybridized carbons (Fsp3) is 0.222. The highest BCUT2D eigenvalue weighted by atomic mass is 19.4. The SMILES string of the molecule is C[CH]Oc1ccccc1C(F)(F)F. The molecule has 1 nitrogen and oxygen atoms in total. The molecule has 1 rings (SSSR count). The largest absolute Gasteiger partial charge is 0.486 e. The molecule has 0 bridgehead atoms. The second-order valence-electron chi connectivity index (χ2n) is 2.35. The summed E-state index contributed by atoms with van der Waals surface area (Å²) in [5.74, 6) is -0.169. The van der Waals surface area contributed by atoms with Gasteiger partial charge in [0.25, 0.3) is 0 Å². The first-order chi connectivity index (χ1) is 6.05. The molecule has 0 atom stereocenters. The summed E-state index contributed by atoms with van der Waals surface area (Å²) in [6.45, 7) is 2.73. The summed E-state index contributed by atoms with van der Waals surface area (Å²) in [6, 6.07) is 5.08. The molecule has 0 spiro atoms. The molecule has 0 N–H and O–H groups in total. The minimum absolute atomic E-state index is 0.169. The van der Waals surface area contributed by atoms with E-state index < -0.39 is 11.7 Å². The van der Waals surface area contributed by atoms with Crippen molar-refractivity contribution in [2.75, 3.05) is 0 Å². The molecule has 0 fully saturated rings. The van der Waals surface area contributed by atoms with Crippen LogP contribution in [-0.4, -0.2) is 0 Å². The molecule has 0 aromatic heterocycles. The standard InChI is InChI=1S/C9H8F3O/c1-2-13-8-6-4-3-5-7(8)9(10,11)12/h2-6H,1H3. The highest BCUT2D eigenvalue weighted by Gasteiger charge is 2.33. The Bertz CT molecular complexity index is 280. The van der Waals surface area contributed by atoms with Gasteiger partial charge in [-0.3, -0.25) is 0 Å². The predicted octanol–water partition coefficient (Wildman–Crippen LogP) is 3.27. The highest BCUT2D eigenvalue weighted by Crippen LogP contribution is 2.35. The first-order valence-electron chi connectivity index (χ1n) is 3.66. The second kappa shape index (κ2) is 3.68. The van der Waals surface area contributed by atoms with Crippen LogP contribution in [0.2, 0.25) is 0 Å². The van der Waals surface area contributed by atoms with E-state index in [2.05, 4.69) is 0 Å². The second-order valence-corrected chi connectivity index (χ2v) is 2.35. The van der Waals surface area contributed by atoms with E-state index in [1.165, 1.54) is 31.7 Å². The molecule has 0 aliphatic rings.